The molecule has 5 heteroatoms. The number of rotatable bonds is 5. The minimum atomic E-state index is -0.816. The molecule has 0 unspecified atom stereocenters. The lowest BCUT2D eigenvalue weighted by Crippen LogP contribution is -2.32. The standard InChI is InChI=1S/C10H16N2O2S/c1-7(2)4-12(5-9(13)14)10-11-8(3)6-15-10/h6-7H,4-5H2,1-3H3,(H,13,14). The highest BCUT2D eigenvalue weighted by molar-refractivity contribution is 7.13. The Bertz CT molecular complexity index is 336. The van der Waals surface area contributed by atoms with Gasteiger partial charge in [-0.05, 0) is 12.8 Å². The summed E-state index contributed by atoms with van der Waals surface area (Å²) in [6.45, 7) is 6.78. The van der Waals surface area contributed by atoms with Gasteiger partial charge in [0.25, 0.3) is 0 Å². The molecule has 0 aromatic carbocycles. The Morgan fingerprint density at radius 2 is 2.33 bits per heavy atom. The maximum atomic E-state index is 10.7. The molecule has 4 nitrogen and oxygen atoms in total. The number of aliphatic carboxylic acids is 1. The molecule has 1 aromatic rings. The second-order valence-electron chi connectivity index (χ2n) is 3.94. The van der Waals surface area contributed by atoms with Crippen LogP contribution in [-0.4, -0.2) is 29.1 Å². The summed E-state index contributed by atoms with van der Waals surface area (Å²) < 4.78 is 0. The van der Waals surface area contributed by atoms with Gasteiger partial charge in [-0.25, -0.2) is 4.98 Å². The smallest absolute Gasteiger partial charge is 0.323 e. The van der Waals surface area contributed by atoms with Crippen molar-refractivity contribution in [2.75, 3.05) is 18.0 Å². The lowest BCUT2D eigenvalue weighted by molar-refractivity contribution is -0.135. The third-order valence-corrected chi connectivity index (χ3v) is 2.81. The van der Waals surface area contributed by atoms with Crippen LogP contribution in [0.25, 0.3) is 0 Å². The molecule has 1 rings (SSSR count). The molecule has 0 spiro atoms. The molecular weight excluding hydrogens is 212 g/mol. The first kappa shape index (κ1) is 12.0. The van der Waals surface area contributed by atoms with Crippen LogP contribution in [0.3, 0.4) is 0 Å². The van der Waals surface area contributed by atoms with Crippen LogP contribution in [0, 0.1) is 12.8 Å². The summed E-state index contributed by atoms with van der Waals surface area (Å²) >= 11 is 1.49. The van der Waals surface area contributed by atoms with E-state index in [1.807, 2.05) is 17.2 Å². The summed E-state index contributed by atoms with van der Waals surface area (Å²) in [6, 6.07) is 0. The fourth-order valence-corrected chi connectivity index (χ4v) is 2.11. The molecule has 0 aliphatic rings. The van der Waals surface area contributed by atoms with Crippen molar-refractivity contribution in [1.82, 2.24) is 4.98 Å². The van der Waals surface area contributed by atoms with Crippen LogP contribution in [-0.2, 0) is 4.79 Å². The Morgan fingerprint density at radius 3 is 2.73 bits per heavy atom. The summed E-state index contributed by atoms with van der Waals surface area (Å²) in [7, 11) is 0. The SMILES string of the molecule is Cc1csc(N(CC(=O)O)CC(C)C)n1. The van der Waals surface area contributed by atoms with Crippen molar-refractivity contribution >= 4 is 22.4 Å². The van der Waals surface area contributed by atoms with Gasteiger partial charge in [-0.1, -0.05) is 13.8 Å². The van der Waals surface area contributed by atoms with Crippen LogP contribution in [0.2, 0.25) is 0 Å². The second-order valence-corrected chi connectivity index (χ2v) is 4.78. The molecule has 15 heavy (non-hydrogen) atoms. The number of aryl methyl sites for hydroxylation is 1. The zero-order valence-corrected chi connectivity index (χ0v) is 10.0. The van der Waals surface area contributed by atoms with E-state index in [4.69, 9.17) is 5.11 Å². The van der Waals surface area contributed by atoms with E-state index < -0.39 is 5.97 Å². The van der Waals surface area contributed by atoms with Crippen molar-refractivity contribution in [3.05, 3.63) is 11.1 Å². The third-order valence-electron chi connectivity index (χ3n) is 1.79. The molecule has 0 radical (unpaired) electrons. The minimum absolute atomic E-state index is 0.0190. The van der Waals surface area contributed by atoms with Gasteiger partial charge >= 0.3 is 5.97 Å². The van der Waals surface area contributed by atoms with Crippen LogP contribution in [0.15, 0.2) is 5.38 Å². The molecule has 0 saturated carbocycles. The van der Waals surface area contributed by atoms with Gasteiger partial charge in [0.1, 0.15) is 6.54 Å². The van der Waals surface area contributed by atoms with Crippen molar-refractivity contribution < 1.29 is 9.90 Å². The van der Waals surface area contributed by atoms with E-state index in [1.54, 1.807) is 0 Å². The molecule has 0 saturated heterocycles. The number of hydrogen-bond acceptors (Lipinski definition) is 4. The molecule has 0 aliphatic carbocycles. The molecule has 0 fully saturated rings. The molecule has 1 heterocycles. The fraction of sp³-hybridized carbons (Fsp3) is 0.600. The van der Waals surface area contributed by atoms with Crippen LogP contribution < -0.4 is 4.90 Å². The number of carboxylic acid groups (broad SMARTS) is 1. The van der Waals surface area contributed by atoms with Crippen molar-refractivity contribution in [3.63, 3.8) is 0 Å². The number of nitrogens with zero attached hydrogens (tertiary/aromatic N) is 2. The van der Waals surface area contributed by atoms with Gasteiger partial charge in [0.15, 0.2) is 5.13 Å². The number of anilines is 1. The van der Waals surface area contributed by atoms with Crippen molar-refractivity contribution in [2.45, 2.75) is 20.8 Å². The largest absolute Gasteiger partial charge is 0.480 e. The van der Waals surface area contributed by atoms with Gasteiger partial charge < -0.3 is 10.0 Å². The first-order valence-electron chi connectivity index (χ1n) is 4.88. The van der Waals surface area contributed by atoms with Crippen LogP contribution in [0.4, 0.5) is 5.13 Å². The number of hydrogen-bond donors (Lipinski definition) is 1. The molecule has 0 amide bonds. The van der Waals surface area contributed by atoms with E-state index in [1.165, 1.54) is 11.3 Å². The van der Waals surface area contributed by atoms with Crippen LogP contribution >= 0.6 is 11.3 Å². The molecular formula is C10H16N2O2S. The quantitative estimate of drug-likeness (QED) is 0.837. The summed E-state index contributed by atoms with van der Waals surface area (Å²) in [5.41, 5.74) is 0.939. The molecule has 0 aliphatic heterocycles. The minimum Gasteiger partial charge on any atom is -0.480 e. The number of thiazole rings is 1. The summed E-state index contributed by atoms with van der Waals surface area (Å²) in [4.78, 5) is 16.8. The third kappa shape index (κ3) is 3.87. The Labute approximate surface area is 93.6 Å². The van der Waals surface area contributed by atoms with Gasteiger partial charge in [-0.15, -0.1) is 11.3 Å². The first-order chi connectivity index (χ1) is 6.99. The highest BCUT2D eigenvalue weighted by atomic mass is 32.1. The summed E-state index contributed by atoms with van der Waals surface area (Å²) in [5.74, 6) is -0.392. The fourth-order valence-electron chi connectivity index (χ4n) is 1.30. The average Bonchev–Trinajstić information content (AvgIpc) is 2.48. The monoisotopic (exact) mass is 228 g/mol. The zero-order valence-electron chi connectivity index (χ0n) is 9.23. The Kier molecular flexibility index (Phi) is 4.08. The van der Waals surface area contributed by atoms with Gasteiger partial charge in [0.2, 0.25) is 0 Å². The van der Waals surface area contributed by atoms with Gasteiger partial charge in [-0.2, -0.15) is 0 Å². The lowest BCUT2D eigenvalue weighted by atomic mass is 10.2. The Hall–Kier alpha value is -1.10. The van der Waals surface area contributed by atoms with Gasteiger partial charge in [-0.3, -0.25) is 4.79 Å². The van der Waals surface area contributed by atoms with Crippen molar-refractivity contribution in [3.8, 4) is 0 Å². The molecule has 0 bridgehead atoms. The number of aromatic nitrogens is 1. The van der Waals surface area contributed by atoms with E-state index >= 15 is 0 Å². The highest BCUT2D eigenvalue weighted by Crippen LogP contribution is 2.20. The molecule has 1 aromatic heterocycles. The lowest BCUT2D eigenvalue weighted by Gasteiger charge is -2.21. The highest BCUT2D eigenvalue weighted by Gasteiger charge is 2.14. The summed E-state index contributed by atoms with van der Waals surface area (Å²) in [6.07, 6.45) is 0. The van der Waals surface area contributed by atoms with E-state index in [2.05, 4.69) is 18.8 Å². The summed E-state index contributed by atoms with van der Waals surface area (Å²) in [5, 5.41) is 11.5. The molecule has 0 atom stereocenters. The topological polar surface area (TPSA) is 53.4 Å². The van der Waals surface area contributed by atoms with Gasteiger partial charge in [0, 0.05) is 11.9 Å². The van der Waals surface area contributed by atoms with Gasteiger partial charge in [0.05, 0.1) is 5.69 Å². The predicted octanol–water partition coefficient (Wildman–Crippen LogP) is 2.00. The second kappa shape index (κ2) is 5.11. The van der Waals surface area contributed by atoms with Crippen LogP contribution in [0.5, 0.6) is 0 Å². The van der Waals surface area contributed by atoms with Crippen molar-refractivity contribution in [2.24, 2.45) is 5.92 Å². The molecule has 84 valence electrons. The maximum Gasteiger partial charge on any atom is 0.323 e. The van der Waals surface area contributed by atoms with E-state index in [0.717, 1.165) is 17.4 Å². The van der Waals surface area contributed by atoms with Crippen molar-refractivity contribution in [1.29, 1.82) is 0 Å². The normalized spacial score (nSPS) is 10.7. The Morgan fingerprint density at radius 1 is 1.67 bits per heavy atom. The van der Waals surface area contributed by atoms with E-state index in [0.29, 0.717) is 5.92 Å². The van der Waals surface area contributed by atoms with E-state index in [-0.39, 0.29) is 6.54 Å². The number of carbonyl (C=O) groups is 1. The Balaban J connectivity index is 2.75. The average molecular weight is 228 g/mol. The number of carboxylic acids is 1. The maximum absolute atomic E-state index is 10.7. The first-order valence-corrected chi connectivity index (χ1v) is 5.76. The predicted molar refractivity (Wildman–Crippen MR) is 61.5 cm³/mol. The van der Waals surface area contributed by atoms with E-state index in [9.17, 15) is 4.79 Å². The zero-order chi connectivity index (χ0) is 11.4. The molecule has 1 N–H and O–H groups in total. The van der Waals surface area contributed by atoms with Crippen LogP contribution in [0.1, 0.15) is 19.5 Å².